The topological polar surface area (TPSA) is 75.3 Å². The molecule has 0 spiro atoms. The lowest BCUT2D eigenvalue weighted by molar-refractivity contribution is 0.0714. The molecule has 0 aromatic heterocycles. The zero-order valence-electron chi connectivity index (χ0n) is 6.79. The molecular formula is C7H14N2O2. The molecular weight excluding hydrogens is 144 g/mol. The van der Waals surface area contributed by atoms with Crippen molar-refractivity contribution in [1.29, 1.82) is 0 Å². The maximum Gasteiger partial charge on any atom is 0.404 e. The molecule has 64 valence electrons. The van der Waals surface area contributed by atoms with Crippen LogP contribution in [0, 0.1) is 5.41 Å². The Labute approximate surface area is 65.8 Å². The van der Waals surface area contributed by atoms with Crippen LogP contribution in [-0.4, -0.2) is 23.3 Å². The molecule has 11 heavy (non-hydrogen) atoms. The molecule has 4 heteroatoms. The third kappa shape index (κ3) is 1.30. The minimum absolute atomic E-state index is 0.0231. The molecule has 1 aliphatic carbocycles. The average molecular weight is 158 g/mol. The van der Waals surface area contributed by atoms with Crippen molar-refractivity contribution >= 4 is 6.09 Å². The lowest BCUT2D eigenvalue weighted by atomic mass is 9.63. The van der Waals surface area contributed by atoms with Crippen LogP contribution in [0.5, 0.6) is 0 Å². The van der Waals surface area contributed by atoms with Crippen molar-refractivity contribution in [3.63, 3.8) is 0 Å². The van der Waals surface area contributed by atoms with Gasteiger partial charge in [0.25, 0.3) is 0 Å². The summed E-state index contributed by atoms with van der Waals surface area (Å²) in [5, 5.41) is 10.9. The second kappa shape index (κ2) is 2.37. The highest BCUT2D eigenvalue weighted by molar-refractivity contribution is 5.65. The van der Waals surface area contributed by atoms with Crippen molar-refractivity contribution < 1.29 is 9.90 Å². The van der Waals surface area contributed by atoms with Crippen LogP contribution >= 0.6 is 0 Å². The Morgan fingerprint density at radius 2 is 2.27 bits per heavy atom. The first kappa shape index (κ1) is 8.33. The zero-order valence-corrected chi connectivity index (χ0v) is 6.79. The third-order valence-corrected chi connectivity index (χ3v) is 2.64. The summed E-state index contributed by atoms with van der Waals surface area (Å²) < 4.78 is 0. The summed E-state index contributed by atoms with van der Waals surface area (Å²) in [6.07, 6.45) is -0.214. The van der Waals surface area contributed by atoms with Crippen LogP contribution in [0.15, 0.2) is 0 Å². The van der Waals surface area contributed by atoms with Crippen LogP contribution in [0.25, 0.3) is 0 Å². The fraction of sp³-hybridized carbons (Fsp3) is 0.857. The fourth-order valence-electron chi connectivity index (χ4n) is 1.35. The zero-order chi connectivity index (χ0) is 8.65. The van der Waals surface area contributed by atoms with Gasteiger partial charge in [0.15, 0.2) is 0 Å². The average Bonchev–Trinajstić information content (AvgIpc) is 1.87. The van der Waals surface area contributed by atoms with Crippen molar-refractivity contribution in [1.82, 2.24) is 5.32 Å². The van der Waals surface area contributed by atoms with E-state index < -0.39 is 6.09 Å². The van der Waals surface area contributed by atoms with Gasteiger partial charge in [0.2, 0.25) is 0 Å². The van der Waals surface area contributed by atoms with Crippen LogP contribution < -0.4 is 11.1 Å². The number of amides is 1. The first-order valence-corrected chi connectivity index (χ1v) is 3.69. The summed E-state index contributed by atoms with van der Waals surface area (Å²) in [6, 6.07) is 0.148. The normalized spacial score (nSPS) is 34.1. The molecule has 1 fully saturated rings. The number of hydrogen-bond acceptors (Lipinski definition) is 2. The van der Waals surface area contributed by atoms with Gasteiger partial charge in [-0.05, 0) is 6.42 Å². The Kier molecular flexibility index (Phi) is 1.80. The lowest BCUT2D eigenvalue weighted by Gasteiger charge is -2.49. The van der Waals surface area contributed by atoms with E-state index in [1.807, 2.05) is 13.8 Å². The van der Waals surface area contributed by atoms with Crippen LogP contribution in [0.1, 0.15) is 20.3 Å². The van der Waals surface area contributed by atoms with E-state index in [1.165, 1.54) is 0 Å². The predicted octanol–water partition coefficient (Wildman–Crippen LogP) is 0.380. The second-order valence-corrected chi connectivity index (χ2v) is 3.67. The molecule has 0 radical (unpaired) electrons. The first-order chi connectivity index (χ1) is 4.94. The largest absolute Gasteiger partial charge is 0.465 e. The minimum Gasteiger partial charge on any atom is -0.465 e. The summed E-state index contributed by atoms with van der Waals surface area (Å²) in [4.78, 5) is 10.2. The molecule has 1 amide bonds. The molecule has 0 bridgehead atoms. The highest BCUT2D eigenvalue weighted by atomic mass is 16.4. The van der Waals surface area contributed by atoms with Gasteiger partial charge >= 0.3 is 6.09 Å². The van der Waals surface area contributed by atoms with Gasteiger partial charge in [-0.15, -0.1) is 0 Å². The van der Waals surface area contributed by atoms with Gasteiger partial charge in [-0.2, -0.15) is 0 Å². The van der Waals surface area contributed by atoms with E-state index in [4.69, 9.17) is 10.8 Å². The lowest BCUT2D eigenvalue weighted by Crippen LogP contribution is -2.64. The van der Waals surface area contributed by atoms with E-state index in [0.717, 1.165) is 6.42 Å². The molecule has 1 saturated carbocycles. The quantitative estimate of drug-likeness (QED) is 0.516. The molecule has 4 N–H and O–H groups in total. The van der Waals surface area contributed by atoms with Crippen molar-refractivity contribution in [3.8, 4) is 0 Å². The highest BCUT2D eigenvalue weighted by Gasteiger charge is 2.46. The Bertz CT molecular complexity index is 179. The molecule has 0 aromatic carbocycles. The molecule has 0 aliphatic heterocycles. The van der Waals surface area contributed by atoms with Crippen LogP contribution in [-0.2, 0) is 0 Å². The highest BCUT2D eigenvalue weighted by Crippen LogP contribution is 2.38. The van der Waals surface area contributed by atoms with Crippen molar-refractivity contribution in [3.05, 3.63) is 0 Å². The van der Waals surface area contributed by atoms with Crippen molar-refractivity contribution in [2.75, 3.05) is 0 Å². The third-order valence-electron chi connectivity index (χ3n) is 2.64. The summed E-state index contributed by atoms with van der Waals surface area (Å²) >= 11 is 0. The SMILES string of the molecule is CC1(C)C(N)CC1NC(=O)O. The standard InChI is InChI=1S/C7H14N2O2/c1-7(2)4(8)3-5(7)9-6(10)11/h4-5,9H,3,8H2,1-2H3,(H,10,11). The van der Waals surface area contributed by atoms with Crippen molar-refractivity contribution in [2.24, 2.45) is 11.1 Å². The minimum atomic E-state index is -0.963. The predicted molar refractivity (Wildman–Crippen MR) is 41.3 cm³/mol. The van der Waals surface area contributed by atoms with Gasteiger partial charge in [-0.25, -0.2) is 4.79 Å². The molecule has 2 atom stereocenters. The Morgan fingerprint density at radius 1 is 1.73 bits per heavy atom. The molecule has 0 aromatic rings. The van der Waals surface area contributed by atoms with E-state index in [-0.39, 0.29) is 17.5 Å². The Hall–Kier alpha value is -0.770. The Morgan fingerprint density at radius 3 is 2.55 bits per heavy atom. The molecule has 2 unspecified atom stereocenters. The van der Waals surface area contributed by atoms with Gasteiger partial charge < -0.3 is 16.2 Å². The molecule has 0 heterocycles. The van der Waals surface area contributed by atoms with Crippen LogP contribution in [0.2, 0.25) is 0 Å². The Balaban J connectivity index is 2.46. The second-order valence-electron chi connectivity index (χ2n) is 3.67. The molecule has 4 nitrogen and oxygen atoms in total. The summed E-state index contributed by atoms with van der Waals surface area (Å²) in [6.45, 7) is 3.95. The van der Waals surface area contributed by atoms with Gasteiger partial charge in [-0.3, -0.25) is 0 Å². The smallest absolute Gasteiger partial charge is 0.404 e. The molecule has 1 aliphatic rings. The molecule has 1 rings (SSSR count). The summed E-state index contributed by atoms with van der Waals surface area (Å²) in [7, 11) is 0. The van der Waals surface area contributed by atoms with Crippen LogP contribution in [0.4, 0.5) is 4.79 Å². The first-order valence-electron chi connectivity index (χ1n) is 3.69. The van der Waals surface area contributed by atoms with Gasteiger partial charge in [0.05, 0.1) is 0 Å². The van der Waals surface area contributed by atoms with Crippen LogP contribution in [0.3, 0.4) is 0 Å². The number of nitrogens with two attached hydrogens (primary N) is 1. The van der Waals surface area contributed by atoms with E-state index in [0.29, 0.717) is 0 Å². The van der Waals surface area contributed by atoms with E-state index >= 15 is 0 Å². The molecule has 0 saturated heterocycles. The summed E-state index contributed by atoms with van der Waals surface area (Å²) in [5.41, 5.74) is 5.60. The van der Waals surface area contributed by atoms with Crippen molar-refractivity contribution in [2.45, 2.75) is 32.4 Å². The maximum atomic E-state index is 10.2. The van der Waals surface area contributed by atoms with Gasteiger partial charge in [0.1, 0.15) is 0 Å². The number of carboxylic acid groups (broad SMARTS) is 1. The van der Waals surface area contributed by atoms with E-state index in [9.17, 15) is 4.79 Å². The number of carbonyl (C=O) groups is 1. The monoisotopic (exact) mass is 158 g/mol. The fourth-order valence-corrected chi connectivity index (χ4v) is 1.35. The number of hydrogen-bond donors (Lipinski definition) is 3. The summed E-state index contributed by atoms with van der Waals surface area (Å²) in [5.74, 6) is 0. The number of rotatable bonds is 1. The van der Waals surface area contributed by atoms with E-state index in [2.05, 4.69) is 5.32 Å². The maximum absolute atomic E-state index is 10.2. The van der Waals surface area contributed by atoms with Gasteiger partial charge in [-0.1, -0.05) is 13.8 Å². The van der Waals surface area contributed by atoms with E-state index in [1.54, 1.807) is 0 Å². The van der Waals surface area contributed by atoms with Gasteiger partial charge in [0, 0.05) is 17.5 Å². The number of nitrogens with one attached hydrogen (secondary N) is 1.